The minimum Gasteiger partial charge on any atom is -0.457 e. The third kappa shape index (κ3) is 5.34. The number of amides is 1. The maximum atomic E-state index is 13.0. The van der Waals surface area contributed by atoms with E-state index in [1.807, 2.05) is 0 Å². The first-order chi connectivity index (χ1) is 12.0. The Bertz CT molecular complexity index is 748. The van der Waals surface area contributed by atoms with Gasteiger partial charge in [-0.15, -0.1) is 12.4 Å². The van der Waals surface area contributed by atoms with Gasteiger partial charge >= 0.3 is 0 Å². The van der Waals surface area contributed by atoms with Crippen LogP contribution < -0.4 is 15.8 Å². The molecule has 140 valence electrons. The van der Waals surface area contributed by atoms with Crippen molar-refractivity contribution in [3.05, 3.63) is 58.9 Å². The molecule has 3 rings (SSSR count). The van der Waals surface area contributed by atoms with E-state index < -0.39 is 0 Å². The number of hydrogen-bond acceptors (Lipinski definition) is 3. The minimum absolute atomic E-state index is 0. The molecule has 0 aliphatic heterocycles. The highest BCUT2D eigenvalue weighted by Gasteiger charge is 2.22. The highest BCUT2D eigenvalue weighted by molar-refractivity contribution is 6.31. The van der Waals surface area contributed by atoms with Crippen LogP contribution in [-0.4, -0.2) is 18.0 Å². The summed E-state index contributed by atoms with van der Waals surface area (Å²) in [4.78, 5) is 12.7. The average Bonchev–Trinajstić information content (AvgIpc) is 2.60. The molecule has 26 heavy (non-hydrogen) atoms. The number of hydrogen-bond donors (Lipinski definition) is 2. The first kappa shape index (κ1) is 20.5. The van der Waals surface area contributed by atoms with Crippen molar-refractivity contribution in [2.45, 2.75) is 37.8 Å². The third-order valence-electron chi connectivity index (χ3n) is 4.33. The molecule has 0 spiro atoms. The van der Waals surface area contributed by atoms with Crippen molar-refractivity contribution >= 4 is 29.9 Å². The van der Waals surface area contributed by atoms with Crippen molar-refractivity contribution < 1.29 is 13.9 Å². The summed E-state index contributed by atoms with van der Waals surface area (Å²) in [6.07, 6.45) is 3.53. The Morgan fingerprint density at radius 3 is 2.42 bits per heavy atom. The Kier molecular flexibility index (Phi) is 7.26. The van der Waals surface area contributed by atoms with Crippen molar-refractivity contribution in [3.8, 4) is 11.5 Å². The number of rotatable bonds is 4. The molecular weight excluding hydrogens is 378 g/mol. The van der Waals surface area contributed by atoms with Gasteiger partial charge in [-0.2, -0.15) is 0 Å². The Hall–Kier alpha value is -1.82. The molecule has 0 atom stereocenters. The summed E-state index contributed by atoms with van der Waals surface area (Å²) in [7, 11) is 0. The monoisotopic (exact) mass is 398 g/mol. The molecule has 1 saturated carbocycles. The van der Waals surface area contributed by atoms with Gasteiger partial charge in [0.05, 0.1) is 5.56 Å². The lowest BCUT2D eigenvalue weighted by molar-refractivity contribution is 0.0923. The van der Waals surface area contributed by atoms with E-state index in [2.05, 4.69) is 5.32 Å². The number of halogens is 3. The summed E-state index contributed by atoms with van der Waals surface area (Å²) in [6.45, 7) is 0. The largest absolute Gasteiger partial charge is 0.457 e. The van der Waals surface area contributed by atoms with Crippen LogP contribution >= 0.6 is 24.0 Å². The van der Waals surface area contributed by atoms with Gasteiger partial charge in [-0.1, -0.05) is 11.6 Å². The first-order valence-electron chi connectivity index (χ1n) is 8.30. The molecule has 2 aromatic rings. The summed E-state index contributed by atoms with van der Waals surface area (Å²) in [5.74, 6) is 0.236. The Balaban J connectivity index is 0.00000243. The van der Waals surface area contributed by atoms with E-state index >= 15 is 0 Å². The number of nitrogens with one attached hydrogen (secondary N) is 1. The molecule has 0 bridgehead atoms. The molecule has 1 amide bonds. The zero-order valence-corrected chi connectivity index (χ0v) is 15.7. The maximum absolute atomic E-state index is 13.0. The predicted molar refractivity (Wildman–Crippen MR) is 103 cm³/mol. The molecule has 3 N–H and O–H groups in total. The number of carbonyl (C=O) groups is 1. The van der Waals surface area contributed by atoms with E-state index in [1.165, 1.54) is 24.3 Å². The van der Waals surface area contributed by atoms with E-state index in [9.17, 15) is 9.18 Å². The van der Waals surface area contributed by atoms with Crippen LogP contribution in [0.5, 0.6) is 11.5 Å². The second-order valence-corrected chi connectivity index (χ2v) is 6.72. The normalized spacial score (nSPS) is 19.3. The van der Waals surface area contributed by atoms with Crippen LogP contribution in [0.15, 0.2) is 42.5 Å². The summed E-state index contributed by atoms with van der Waals surface area (Å²) in [5.41, 5.74) is 6.26. The highest BCUT2D eigenvalue weighted by atomic mass is 35.5. The average molecular weight is 399 g/mol. The Labute approximate surface area is 163 Å². The summed E-state index contributed by atoms with van der Waals surface area (Å²) in [5, 5.41) is 3.47. The molecule has 7 heteroatoms. The van der Waals surface area contributed by atoms with Gasteiger partial charge in [-0.25, -0.2) is 4.39 Å². The molecule has 1 fully saturated rings. The van der Waals surface area contributed by atoms with Crippen molar-refractivity contribution in [1.82, 2.24) is 5.32 Å². The molecule has 0 unspecified atom stereocenters. The number of benzene rings is 2. The van der Waals surface area contributed by atoms with Gasteiger partial charge in [-0.05, 0) is 68.1 Å². The van der Waals surface area contributed by atoms with E-state index in [-0.39, 0.29) is 36.2 Å². The molecule has 1 aliphatic carbocycles. The lowest BCUT2D eigenvalue weighted by Gasteiger charge is -2.27. The van der Waals surface area contributed by atoms with Crippen LogP contribution in [0.25, 0.3) is 0 Å². The zero-order valence-electron chi connectivity index (χ0n) is 14.1. The number of carbonyl (C=O) groups excluding carboxylic acids is 1. The van der Waals surface area contributed by atoms with Gasteiger partial charge in [0, 0.05) is 17.1 Å². The minimum atomic E-state index is -0.350. The van der Waals surface area contributed by atoms with E-state index in [1.54, 1.807) is 18.2 Å². The van der Waals surface area contributed by atoms with Crippen LogP contribution in [0, 0.1) is 5.82 Å². The second-order valence-electron chi connectivity index (χ2n) is 6.28. The van der Waals surface area contributed by atoms with E-state index in [0.717, 1.165) is 25.7 Å². The first-order valence-corrected chi connectivity index (χ1v) is 8.68. The predicted octanol–water partition coefficient (Wildman–Crippen LogP) is 4.69. The van der Waals surface area contributed by atoms with Crippen molar-refractivity contribution in [3.63, 3.8) is 0 Å². The Morgan fingerprint density at radius 2 is 1.77 bits per heavy atom. The molecular formula is C19H21Cl2FN2O2. The molecule has 1 aliphatic rings. The molecule has 4 nitrogen and oxygen atoms in total. The van der Waals surface area contributed by atoms with Crippen LogP contribution in [0.1, 0.15) is 36.0 Å². The fraction of sp³-hybridized carbons (Fsp3) is 0.316. The quantitative estimate of drug-likeness (QED) is 0.784. The van der Waals surface area contributed by atoms with Crippen LogP contribution in [0.2, 0.25) is 5.02 Å². The maximum Gasteiger partial charge on any atom is 0.255 e. The second kappa shape index (κ2) is 9.21. The van der Waals surface area contributed by atoms with Gasteiger partial charge in [0.2, 0.25) is 0 Å². The highest BCUT2D eigenvalue weighted by Crippen LogP contribution is 2.28. The van der Waals surface area contributed by atoms with Crippen molar-refractivity contribution in [2.24, 2.45) is 5.73 Å². The smallest absolute Gasteiger partial charge is 0.255 e. The topological polar surface area (TPSA) is 64.3 Å². The molecule has 0 saturated heterocycles. The van der Waals surface area contributed by atoms with Gasteiger partial charge in [0.25, 0.3) is 5.91 Å². The number of ether oxygens (including phenoxy) is 1. The Morgan fingerprint density at radius 1 is 1.12 bits per heavy atom. The fourth-order valence-electron chi connectivity index (χ4n) is 2.92. The standard InChI is InChI=1S/C19H20ClFN2O2.ClH/c20-12-1-10-18(25-16-8-2-13(21)3-9-16)17(11-12)19(24)23-15-6-4-14(22)5-7-15;/h1-3,8-11,14-15H,4-7,22H2,(H,23,24);1H. The zero-order chi connectivity index (χ0) is 17.8. The summed E-state index contributed by atoms with van der Waals surface area (Å²) >= 11 is 6.04. The summed E-state index contributed by atoms with van der Waals surface area (Å²) in [6, 6.07) is 10.8. The number of nitrogens with two attached hydrogens (primary N) is 1. The van der Waals surface area contributed by atoms with Crippen LogP contribution in [-0.2, 0) is 0 Å². The summed E-state index contributed by atoms with van der Waals surface area (Å²) < 4.78 is 18.8. The lowest BCUT2D eigenvalue weighted by atomic mass is 9.91. The van der Waals surface area contributed by atoms with Gasteiger partial charge in [0.15, 0.2) is 0 Å². The van der Waals surface area contributed by atoms with E-state index in [4.69, 9.17) is 22.1 Å². The molecule has 2 aromatic carbocycles. The molecule has 0 aromatic heterocycles. The van der Waals surface area contributed by atoms with Gasteiger partial charge < -0.3 is 15.8 Å². The fourth-order valence-corrected chi connectivity index (χ4v) is 3.10. The SMILES string of the molecule is Cl.NC1CCC(NC(=O)c2cc(Cl)ccc2Oc2ccc(F)cc2)CC1. The molecule has 0 radical (unpaired) electrons. The van der Waals surface area contributed by atoms with Gasteiger partial charge in [-0.3, -0.25) is 4.79 Å². The van der Waals surface area contributed by atoms with Crippen molar-refractivity contribution in [1.29, 1.82) is 0 Å². The van der Waals surface area contributed by atoms with Crippen LogP contribution in [0.3, 0.4) is 0 Å². The van der Waals surface area contributed by atoms with Gasteiger partial charge in [0.1, 0.15) is 17.3 Å². The van der Waals surface area contributed by atoms with E-state index in [0.29, 0.717) is 22.1 Å². The van der Waals surface area contributed by atoms with Crippen LogP contribution in [0.4, 0.5) is 4.39 Å². The van der Waals surface area contributed by atoms with Crippen molar-refractivity contribution in [2.75, 3.05) is 0 Å². The lowest BCUT2D eigenvalue weighted by Crippen LogP contribution is -2.40. The third-order valence-corrected chi connectivity index (χ3v) is 4.57. The molecule has 0 heterocycles.